The van der Waals surface area contributed by atoms with Crippen molar-refractivity contribution in [2.45, 2.75) is 247 Å². The van der Waals surface area contributed by atoms with Gasteiger partial charge in [0.15, 0.2) is 0 Å². The van der Waals surface area contributed by atoms with Gasteiger partial charge in [-0.05, 0) is 105 Å². The number of rotatable bonds is 25. The number of thioether (sulfide) groups is 1. The predicted octanol–water partition coefficient (Wildman–Crippen LogP) is -2.39. The molecule has 136 heavy (non-hydrogen) atoms. The Labute approximate surface area is 789 Å². The van der Waals surface area contributed by atoms with E-state index in [0.29, 0.717) is 77.0 Å². The fourth-order valence-electron chi connectivity index (χ4n) is 17.6. The lowest BCUT2D eigenvalue weighted by atomic mass is 9.97. The summed E-state index contributed by atoms with van der Waals surface area (Å²) in [6, 6.07) is -2.37. The third kappa shape index (κ3) is 28.3. The molecule has 10 rings (SSSR count). The summed E-state index contributed by atoms with van der Waals surface area (Å²) >= 11 is 0.806. The Morgan fingerprint density at radius 3 is 1.62 bits per heavy atom. The number of aromatic amines is 3. The van der Waals surface area contributed by atoms with Crippen LogP contribution in [0.2, 0.25) is 0 Å². The van der Waals surface area contributed by atoms with E-state index in [1.54, 1.807) is 74.8 Å². The number of H-pyrrole nitrogens is 3. The van der Waals surface area contributed by atoms with Gasteiger partial charge in [-0.1, -0.05) is 102 Å². The van der Waals surface area contributed by atoms with Gasteiger partial charge in [0.1, 0.15) is 90.3 Å². The zero-order valence-corrected chi connectivity index (χ0v) is 77.9. The van der Waals surface area contributed by atoms with E-state index >= 15 is 47.9 Å². The molecule has 0 aliphatic carbocycles. The molecule has 6 aromatic rings. The molecule has 4 aliphatic rings. The lowest BCUT2D eigenvalue weighted by Crippen LogP contribution is -2.62. The number of unbranched alkanes of at least 4 members (excludes halogenated alkanes) is 2. The number of likely N-dealkylation sites (N-methyl/N-ethyl adjacent to an activating group) is 2. The molecule has 736 valence electrons. The number of carbonyl (C=O) groups is 18. The fraction of sp³-hybridized carbons (Fsp3) is 0.533. The van der Waals surface area contributed by atoms with E-state index in [1.165, 1.54) is 60.7 Å². The number of fused-ring (bicyclic) bond motifs is 5. The quantitative estimate of drug-likeness (QED) is 0.0284. The highest BCUT2D eigenvalue weighted by molar-refractivity contribution is 8.00. The zero-order valence-electron chi connectivity index (χ0n) is 77.1. The van der Waals surface area contributed by atoms with Crippen LogP contribution in [0, 0.1) is 5.92 Å². The van der Waals surface area contributed by atoms with Crippen molar-refractivity contribution in [3.8, 4) is 5.75 Å². The molecule has 0 spiro atoms. The minimum atomic E-state index is -1.91. The van der Waals surface area contributed by atoms with Crippen molar-refractivity contribution >= 4 is 140 Å². The van der Waals surface area contributed by atoms with Crippen molar-refractivity contribution in [2.75, 3.05) is 58.4 Å². The van der Waals surface area contributed by atoms with Crippen LogP contribution in [-0.2, 0) is 112 Å². The molecule has 3 aromatic heterocycles. The second-order valence-corrected chi connectivity index (χ2v) is 36.4. The van der Waals surface area contributed by atoms with Gasteiger partial charge in [-0.25, -0.2) is 4.98 Å². The molecular weight excluding hydrogens is 1780 g/mol. The van der Waals surface area contributed by atoms with Gasteiger partial charge < -0.3 is 125 Å². The van der Waals surface area contributed by atoms with E-state index in [2.05, 4.69) is 73.1 Å². The first kappa shape index (κ1) is 105. The third-order valence-corrected chi connectivity index (χ3v) is 25.8. The Hall–Kier alpha value is -13.5. The van der Waals surface area contributed by atoms with E-state index in [-0.39, 0.29) is 94.7 Å². The monoisotopic (exact) mass is 1910 g/mol. The van der Waals surface area contributed by atoms with Crippen LogP contribution in [0.3, 0.4) is 0 Å². The maximum atomic E-state index is 15.7. The summed E-state index contributed by atoms with van der Waals surface area (Å²) in [7, 11) is 2.72. The number of carbonyl (C=O) groups excluding carboxylic acids is 18. The van der Waals surface area contributed by atoms with Crippen molar-refractivity contribution in [3.05, 3.63) is 120 Å². The third-order valence-electron chi connectivity index (χ3n) is 24.8. The van der Waals surface area contributed by atoms with Crippen LogP contribution in [0.4, 0.5) is 0 Å². The molecule has 0 unspecified atom stereocenters. The summed E-state index contributed by atoms with van der Waals surface area (Å²) in [6.07, 6.45) is 3.23. The van der Waals surface area contributed by atoms with Gasteiger partial charge in [0.05, 0.1) is 37.8 Å². The largest absolute Gasteiger partial charge is 0.508 e. The molecule has 4 fully saturated rings. The summed E-state index contributed by atoms with van der Waals surface area (Å²) in [5.41, 5.74) is 19.8. The van der Waals surface area contributed by atoms with Crippen molar-refractivity contribution in [3.63, 3.8) is 0 Å². The number of aromatic hydroxyl groups is 1. The Morgan fingerprint density at radius 1 is 0.515 bits per heavy atom. The van der Waals surface area contributed by atoms with E-state index in [9.17, 15) is 53.7 Å². The lowest BCUT2D eigenvalue weighted by molar-refractivity contribution is -0.149. The molecule has 18 amide bonds. The zero-order chi connectivity index (χ0) is 98.7. The molecule has 4 saturated heterocycles. The van der Waals surface area contributed by atoms with E-state index in [1.807, 2.05) is 13.8 Å². The number of phenols is 1. The second kappa shape index (κ2) is 49.6. The van der Waals surface area contributed by atoms with Gasteiger partial charge >= 0.3 is 0 Å². The molecule has 44 heteroatoms. The number of piperidine rings is 1. The highest BCUT2D eigenvalue weighted by atomic mass is 32.2. The molecule has 7 heterocycles. The standard InChI is InChI=1S/C92H126N22O21S/c1-7-9-22-70-84(127)103-62(34-50(3)4)80(123)109-69(79(122)99-44-77(95)120)47-136-48-78(121)101-65(35-51-26-28-55(116)29-27-51)90(133)112-32-16-15-24-71(112)86(129)107-67(40-76(94)119)91(134)113-33-17-25-72(113)85(128)105-64(38-54-43-96-49-100-54)82(125)102-61(30-31-75(93)118)89(132)114-45-56(117)39-74(114)87(130)104-63(36-52-41-97-59-20-13-11-18-57(52)59)81(124)108-68(46-115)83(126)106-66(37-53-42-98-60-21-14-12-19-58(53)60)88(131)111(6)73(23-10-8-2)92(135)110(70)5/h11-14,18-21,26-29,41-43,49-50,56,61-74,97-98,115-117H,7-10,15-17,22-25,30-40,44-48H2,1-6H3,(H2,93,118)(H2,94,119)(H2,95,120)(H,96,100)(H,99,122)(H,101,121)(H,102,125)(H,103,127)(H,104,130)(H,105,128)(H,106,126)(H,107,129)(H,108,124)(H,109,123)/t56-,61+,62+,63+,64+,65+,66+,67+,68+,69+,70+,71+,72+,73+,74+/m1/s1. The Kier molecular flexibility index (Phi) is 38.2. The number of amides is 18. The molecule has 43 nitrogen and oxygen atoms in total. The van der Waals surface area contributed by atoms with Crippen LogP contribution >= 0.6 is 11.8 Å². The number of aliphatic hydroxyl groups excluding tert-OH is 2. The summed E-state index contributed by atoms with van der Waals surface area (Å²) in [5, 5.41) is 60.7. The van der Waals surface area contributed by atoms with Gasteiger partial charge in [-0.15, -0.1) is 11.8 Å². The molecule has 0 bridgehead atoms. The number of nitrogens with zero attached hydrogens (tertiary/aromatic N) is 6. The van der Waals surface area contributed by atoms with Crippen molar-refractivity contribution in [2.24, 2.45) is 23.1 Å². The predicted molar refractivity (Wildman–Crippen MR) is 496 cm³/mol. The molecule has 4 aliphatic heterocycles. The smallest absolute Gasteiger partial charge is 0.246 e. The van der Waals surface area contributed by atoms with Gasteiger partial charge in [0, 0.05) is 124 Å². The number of benzene rings is 3. The van der Waals surface area contributed by atoms with Gasteiger partial charge in [0.25, 0.3) is 0 Å². The normalized spacial score (nSPS) is 25.2. The van der Waals surface area contributed by atoms with Crippen LogP contribution in [0.25, 0.3) is 21.8 Å². The van der Waals surface area contributed by atoms with Gasteiger partial charge in [0.2, 0.25) is 106 Å². The SMILES string of the molecule is CCCC[C@H]1C(=O)N(C)[C@@H](CCCC)C(=O)N[C@@H](CC(C)C)C(=O)N[C@H](C(=O)NCC(N)=O)CSCC(=O)N[C@@H](Cc2ccc(O)cc2)C(=O)N2CCCC[C@H]2C(=O)N[C@@H](CC(N)=O)C(=O)N2CCC[C@H]2C(=O)N[C@@H](Cc2cnc[nH]2)C(=O)N[C@@H](CCC(N)=O)C(=O)N2C[C@H](O)C[C@H]2C(=O)N[C@@H](Cc2c[nH]c3ccccc23)C(=O)N[C@@H](CO)C(=O)N[C@@H](Cc2c[nH]c3ccccc23)C(=O)N1C. The number of phenolic OH excluding ortho intramolecular Hbond substituents is 1. The summed E-state index contributed by atoms with van der Waals surface area (Å²) in [6.45, 7) is 4.62. The maximum absolute atomic E-state index is 15.7. The van der Waals surface area contributed by atoms with Crippen LogP contribution in [0.15, 0.2) is 97.7 Å². The topological polar surface area (TPSA) is 643 Å². The molecule has 22 N–H and O–H groups in total. The number of primary amides is 3. The van der Waals surface area contributed by atoms with Crippen LogP contribution in [0.1, 0.15) is 153 Å². The first-order valence-electron chi connectivity index (χ1n) is 46.0. The van der Waals surface area contributed by atoms with Crippen molar-refractivity contribution in [1.82, 2.24) is 97.6 Å². The highest BCUT2D eigenvalue weighted by Crippen LogP contribution is 2.29. The molecule has 15 atom stereocenters. The van der Waals surface area contributed by atoms with Crippen LogP contribution in [-0.4, -0.2) is 315 Å². The molecule has 3 aromatic carbocycles. The lowest BCUT2D eigenvalue weighted by Gasteiger charge is -2.38. The number of hydrogen-bond donors (Lipinski definition) is 19. The average molecular weight is 1910 g/mol. The first-order chi connectivity index (χ1) is 64.9. The van der Waals surface area contributed by atoms with E-state index in [0.717, 1.165) is 26.5 Å². The summed E-state index contributed by atoms with van der Waals surface area (Å²) < 4.78 is 0. The number of imidazole rings is 1. The molecule has 0 saturated carbocycles. The average Bonchev–Trinajstić information content (AvgIpc) is 1.37. The van der Waals surface area contributed by atoms with Gasteiger partial charge in [-0.3, -0.25) is 86.3 Å². The van der Waals surface area contributed by atoms with E-state index < -0.39 is 254 Å². The number of para-hydroxylation sites is 2. The van der Waals surface area contributed by atoms with Crippen molar-refractivity contribution < 1.29 is 102 Å². The van der Waals surface area contributed by atoms with Crippen LogP contribution in [0.5, 0.6) is 5.75 Å². The summed E-state index contributed by atoms with van der Waals surface area (Å²) in [4.78, 5) is 283. The maximum Gasteiger partial charge on any atom is 0.246 e. The molecule has 0 radical (unpaired) electrons. The summed E-state index contributed by atoms with van der Waals surface area (Å²) in [5.74, 6) is -18.4. The Bertz CT molecular complexity index is 5280. The minimum absolute atomic E-state index is 0.00466. The molecular formula is C92H126N22O21S. The van der Waals surface area contributed by atoms with Crippen molar-refractivity contribution in [1.29, 1.82) is 0 Å². The number of aromatic nitrogens is 4. The number of nitrogens with two attached hydrogens (primary N) is 3. The highest BCUT2D eigenvalue weighted by Gasteiger charge is 2.48. The number of aliphatic hydroxyl groups is 2. The second-order valence-electron chi connectivity index (χ2n) is 35.4. The Morgan fingerprint density at radius 2 is 1.03 bits per heavy atom. The fourth-order valence-corrected chi connectivity index (χ4v) is 18.4. The van der Waals surface area contributed by atoms with Gasteiger partial charge in [-0.2, -0.15) is 0 Å². The minimum Gasteiger partial charge on any atom is -0.508 e. The Balaban J connectivity index is 1.02. The van der Waals surface area contributed by atoms with Crippen LogP contribution < -0.4 is 70.4 Å². The number of hydrogen-bond acceptors (Lipinski definition) is 23. The number of nitrogens with one attached hydrogen (secondary N) is 13. The van der Waals surface area contributed by atoms with E-state index in [4.69, 9.17) is 17.2 Å². The first-order valence-corrected chi connectivity index (χ1v) is 47.1.